The maximum absolute atomic E-state index is 12.2. The van der Waals surface area contributed by atoms with E-state index in [-0.39, 0.29) is 12.5 Å². The number of hydrogen-bond acceptors (Lipinski definition) is 5. The standard InChI is InChI=1S/C17H24N2O6/c1-11(2)8-13(15(21)18-14(9-20)16(22)23)19-17(24)25-10-12-6-4-3-5-7-12/h3-7,11,13-14,20H,8-10H2,1-2H3,(H,18,21)(H,19,24)(H,22,23)/t13-,14+/m0/s1. The van der Waals surface area contributed by atoms with Gasteiger partial charge in [-0.05, 0) is 17.9 Å². The van der Waals surface area contributed by atoms with Crippen LogP contribution in [-0.4, -0.2) is 46.9 Å². The highest BCUT2D eigenvalue weighted by Crippen LogP contribution is 2.07. The van der Waals surface area contributed by atoms with Crippen LogP contribution in [0.1, 0.15) is 25.8 Å². The minimum atomic E-state index is -1.43. The first-order valence-electron chi connectivity index (χ1n) is 7.94. The van der Waals surface area contributed by atoms with Gasteiger partial charge in [0.1, 0.15) is 18.7 Å². The Hall–Kier alpha value is -2.61. The maximum atomic E-state index is 12.2. The molecule has 0 aliphatic carbocycles. The maximum Gasteiger partial charge on any atom is 0.408 e. The second kappa shape index (κ2) is 10.3. The van der Waals surface area contributed by atoms with Crippen LogP contribution in [0, 0.1) is 5.92 Å². The van der Waals surface area contributed by atoms with E-state index in [0.29, 0.717) is 6.42 Å². The first kappa shape index (κ1) is 20.4. The van der Waals surface area contributed by atoms with Gasteiger partial charge >= 0.3 is 12.1 Å². The number of aliphatic hydroxyl groups excluding tert-OH is 1. The summed E-state index contributed by atoms with van der Waals surface area (Å²) in [6.45, 7) is 3.03. The fraction of sp³-hybridized carbons (Fsp3) is 0.471. The predicted molar refractivity (Wildman–Crippen MR) is 89.7 cm³/mol. The van der Waals surface area contributed by atoms with Gasteiger partial charge in [-0.2, -0.15) is 0 Å². The normalized spacial score (nSPS) is 13.0. The zero-order valence-electron chi connectivity index (χ0n) is 14.3. The summed E-state index contributed by atoms with van der Waals surface area (Å²) in [4.78, 5) is 35.0. The molecule has 8 nitrogen and oxygen atoms in total. The third kappa shape index (κ3) is 7.67. The zero-order valence-corrected chi connectivity index (χ0v) is 14.3. The van der Waals surface area contributed by atoms with Crippen LogP contribution in [-0.2, 0) is 20.9 Å². The van der Waals surface area contributed by atoms with Crippen LogP contribution in [0.4, 0.5) is 4.79 Å². The van der Waals surface area contributed by atoms with Crippen molar-refractivity contribution in [3.63, 3.8) is 0 Å². The minimum Gasteiger partial charge on any atom is -0.480 e. The van der Waals surface area contributed by atoms with Crippen molar-refractivity contribution in [1.82, 2.24) is 10.6 Å². The average Bonchev–Trinajstić information content (AvgIpc) is 2.57. The van der Waals surface area contributed by atoms with Gasteiger partial charge in [-0.3, -0.25) is 4.79 Å². The fourth-order valence-electron chi connectivity index (χ4n) is 2.07. The molecule has 0 saturated heterocycles. The molecule has 0 heterocycles. The number of carbonyl (C=O) groups excluding carboxylic acids is 2. The van der Waals surface area contributed by atoms with Crippen LogP contribution >= 0.6 is 0 Å². The van der Waals surface area contributed by atoms with Gasteiger partial charge in [-0.25, -0.2) is 9.59 Å². The molecule has 0 spiro atoms. The van der Waals surface area contributed by atoms with Gasteiger partial charge in [-0.1, -0.05) is 44.2 Å². The molecular weight excluding hydrogens is 328 g/mol. The molecule has 0 radical (unpaired) electrons. The Bertz CT molecular complexity index is 576. The van der Waals surface area contributed by atoms with Crippen LogP contribution in [0.2, 0.25) is 0 Å². The molecule has 0 fully saturated rings. The van der Waals surface area contributed by atoms with Crippen LogP contribution in [0.15, 0.2) is 30.3 Å². The van der Waals surface area contributed by atoms with Crippen molar-refractivity contribution in [3.05, 3.63) is 35.9 Å². The highest BCUT2D eigenvalue weighted by atomic mass is 16.5. The topological polar surface area (TPSA) is 125 Å². The van der Waals surface area contributed by atoms with E-state index in [1.807, 2.05) is 32.0 Å². The number of carbonyl (C=O) groups is 3. The number of rotatable bonds is 9. The van der Waals surface area contributed by atoms with Crippen LogP contribution in [0.25, 0.3) is 0 Å². The molecule has 0 bridgehead atoms. The number of aliphatic carboxylic acids is 1. The monoisotopic (exact) mass is 352 g/mol. The number of aliphatic hydroxyl groups is 1. The van der Waals surface area contributed by atoms with Crippen molar-refractivity contribution in [2.24, 2.45) is 5.92 Å². The molecule has 8 heteroatoms. The molecule has 25 heavy (non-hydrogen) atoms. The lowest BCUT2D eigenvalue weighted by Gasteiger charge is -2.21. The number of hydrogen-bond donors (Lipinski definition) is 4. The van der Waals surface area contributed by atoms with Gasteiger partial charge in [-0.15, -0.1) is 0 Å². The quantitative estimate of drug-likeness (QED) is 0.523. The summed E-state index contributed by atoms with van der Waals surface area (Å²) < 4.78 is 5.07. The number of benzene rings is 1. The summed E-state index contributed by atoms with van der Waals surface area (Å²) >= 11 is 0. The Morgan fingerprint density at radius 2 is 1.72 bits per heavy atom. The lowest BCUT2D eigenvalue weighted by Crippen LogP contribution is -2.53. The third-order valence-corrected chi connectivity index (χ3v) is 3.33. The van der Waals surface area contributed by atoms with Crippen molar-refractivity contribution in [3.8, 4) is 0 Å². The Labute approximate surface area is 146 Å². The highest BCUT2D eigenvalue weighted by Gasteiger charge is 2.27. The van der Waals surface area contributed by atoms with Crippen LogP contribution < -0.4 is 10.6 Å². The Morgan fingerprint density at radius 3 is 2.24 bits per heavy atom. The third-order valence-electron chi connectivity index (χ3n) is 3.33. The molecule has 138 valence electrons. The fourth-order valence-corrected chi connectivity index (χ4v) is 2.07. The van der Waals surface area contributed by atoms with E-state index in [4.69, 9.17) is 14.9 Å². The van der Waals surface area contributed by atoms with Crippen molar-refractivity contribution in [2.75, 3.05) is 6.61 Å². The van der Waals surface area contributed by atoms with Gasteiger partial charge in [0, 0.05) is 0 Å². The van der Waals surface area contributed by atoms with E-state index in [0.717, 1.165) is 5.56 Å². The van der Waals surface area contributed by atoms with Crippen LogP contribution in [0.5, 0.6) is 0 Å². The molecule has 1 aromatic rings. The lowest BCUT2D eigenvalue weighted by atomic mass is 10.0. The molecule has 2 amide bonds. The smallest absolute Gasteiger partial charge is 0.408 e. The molecule has 4 N–H and O–H groups in total. The largest absolute Gasteiger partial charge is 0.480 e. The summed E-state index contributed by atoms with van der Waals surface area (Å²) in [5.41, 5.74) is 0.800. The van der Waals surface area contributed by atoms with E-state index < -0.39 is 36.7 Å². The average molecular weight is 352 g/mol. The predicted octanol–water partition coefficient (Wildman–Crippen LogP) is 0.889. The van der Waals surface area contributed by atoms with Gasteiger partial charge in [0.05, 0.1) is 6.61 Å². The van der Waals surface area contributed by atoms with Gasteiger partial charge in [0.25, 0.3) is 0 Å². The molecule has 1 rings (SSSR count). The van der Waals surface area contributed by atoms with Crippen molar-refractivity contribution < 1.29 is 29.3 Å². The van der Waals surface area contributed by atoms with Gasteiger partial charge in [0.2, 0.25) is 5.91 Å². The molecule has 0 saturated carbocycles. The Morgan fingerprint density at radius 1 is 1.08 bits per heavy atom. The Kier molecular flexibility index (Phi) is 8.42. The summed E-state index contributed by atoms with van der Waals surface area (Å²) in [5, 5.41) is 22.5. The number of nitrogens with one attached hydrogen (secondary N) is 2. The van der Waals surface area contributed by atoms with Crippen molar-refractivity contribution in [2.45, 2.75) is 39.0 Å². The minimum absolute atomic E-state index is 0.0527. The first-order valence-corrected chi connectivity index (χ1v) is 7.94. The number of ether oxygens (including phenoxy) is 1. The van der Waals surface area contributed by atoms with E-state index in [9.17, 15) is 14.4 Å². The second-order valence-corrected chi connectivity index (χ2v) is 5.97. The van der Waals surface area contributed by atoms with E-state index in [1.54, 1.807) is 12.1 Å². The van der Waals surface area contributed by atoms with E-state index in [1.165, 1.54) is 0 Å². The summed E-state index contributed by atoms with van der Waals surface area (Å²) in [6, 6.07) is 6.67. The lowest BCUT2D eigenvalue weighted by molar-refractivity contribution is -0.143. The first-order chi connectivity index (χ1) is 11.8. The molecule has 0 aromatic heterocycles. The summed E-state index contributed by atoms with van der Waals surface area (Å²) in [6.07, 6.45) is -0.482. The van der Waals surface area contributed by atoms with E-state index in [2.05, 4.69) is 10.6 Å². The Balaban J connectivity index is 2.63. The molecule has 2 atom stereocenters. The van der Waals surface area contributed by atoms with Crippen molar-refractivity contribution in [1.29, 1.82) is 0 Å². The number of amides is 2. The zero-order chi connectivity index (χ0) is 18.8. The number of alkyl carbamates (subject to hydrolysis) is 1. The molecule has 0 aliphatic rings. The SMILES string of the molecule is CC(C)C[C@H](NC(=O)OCc1ccccc1)C(=O)N[C@H](CO)C(=O)O. The molecule has 0 unspecified atom stereocenters. The molecular formula is C17H24N2O6. The molecule has 0 aliphatic heterocycles. The number of carboxylic acids is 1. The van der Waals surface area contributed by atoms with Gasteiger partial charge in [0.15, 0.2) is 0 Å². The number of carboxylic acid groups (broad SMARTS) is 1. The summed E-state index contributed by atoms with van der Waals surface area (Å²) in [5.74, 6) is -1.97. The van der Waals surface area contributed by atoms with Crippen molar-refractivity contribution >= 4 is 18.0 Å². The van der Waals surface area contributed by atoms with Crippen LogP contribution in [0.3, 0.4) is 0 Å². The summed E-state index contributed by atoms with van der Waals surface area (Å²) in [7, 11) is 0. The van der Waals surface area contributed by atoms with E-state index >= 15 is 0 Å². The van der Waals surface area contributed by atoms with Gasteiger partial charge < -0.3 is 25.6 Å². The molecule has 1 aromatic carbocycles. The highest BCUT2D eigenvalue weighted by molar-refractivity contribution is 5.89. The second-order valence-electron chi connectivity index (χ2n) is 5.97.